The van der Waals surface area contributed by atoms with Gasteiger partial charge in [0.2, 0.25) is 0 Å². The van der Waals surface area contributed by atoms with Crippen molar-refractivity contribution in [3.8, 4) is 0 Å². The highest BCUT2D eigenvalue weighted by molar-refractivity contribution is 7.19. The number of carbonyl (C=O) groups is 2. The standard InChI is InChI=1S/C25H28O4S/c1-17-15-21(26)20(10-5-3-4-6-12-24(27)28)19(17)13-14-25(2,29)23-16-18-9-7-8-11-22(18)30-23/h3,5,7-9,11,13-14,16,19-20,29H,1,4,6,10,12,15H2,2H3,(H,27,28)/t19-,20+,25?/m0/s1. The molecule has 1 aliphatic rings. The van der Waals surface area contributed by atoms with Gasteiger partial charge in [-0.05, 0) is 43.7 Å². The minimum atomic E-state index is -1.12. The summed E-state index contributed by atoms with van der Waals surface area (Å²) in [6, 6.07) is 10.1. The van der Waals surface area contributed by atoms with E-state index in [9.17, 15) is 14.7 Å². The molecule has 5 heteroatoms. The van der Waals surface area contributed by atoms with Gasteiger partial charge < -0.3 is 10.2 Å². The highest BCUT2D eigenvalue weighted by atomic mass is 32.1. The van der Waals surface area contributed by atoms with Gasteiger partial charge >= 0.3 is 5.97 Å². The van der Waals surface area contributed by atoms with Gasteiger partial charge in [0.05, 0.1) is 0 Å². The van der Waals surface area contributed by atoms with Gasteiger partial charge in [-0.3, -0.25) is 9.59 Å². The van der Waals surface area contributed by atoms with E-state index in [4.69, 9.17) is 5.11 Å². The van der Waals surface area contributed by atoms with E-state index in [1.807, 2.05) is 48.6 Å². The molecule has 30 heavy (non-hydrogen) atoms. The highest BCUT2D eigenvalue weighted by Gasteiger charge is 2.35. The van der Waals surface area contributed by atoms with Crippen molar-refractivity contribution in [2.24, 2.45) is 11.8 Å². The Bertz CT molecular complexity index is 962. The van der Waals surface area contributed by atoms with Crippen LogP contribution < -0.4 is 0 Å². The molecule has 0 aliphatic heterocycles. The molecule has 0 spiro atoms. The number of aliphatic carboxylic acids is 1. The number of allylic oxidation sites excluding steroid dienone is 4. The molecule has 158 valence electrons. The van der Waals surface area contributed by atoms with Crippen LogP contribution in [0.15, 0.2) is 66.8 Å². The zero-order chi connectivity index (χ0) is 21.7. The van der Waals surface area contributed by atoms with Gasteiger partial charge in [-0.2, -0.15) is 0 Å². The van der Waals surface area contributed by atoms with Crippen molar-refractivity contribution in [2.75, 3.05) is 0 Å². The summed E-state index contributed by atoms with van der Waals surface area (Å²) >= 11 is 1.57. The lowest BCUT2D eigenvalue weighted by molar-refractivity contribution is -0.137. The predicted octanol–water partition coefficient (Wildman–Crippen LogP) is 5.63. The Morgan fingerprint density at radius 3 is 2.83 bits per heavy atom. The number of hydrogen-bond donors (Lipinski definition) is 2. The second-order valence-corrected chi connectivity index (χ2v) is 9.17. The lowest BCUT2D eigenvalue weighted by Gasteiger charge is -2.20. The summed E-state index contributed by atoms with van der Waals surface area (Å²) < 4.78 is 1.13. The second kappa shape index (κ2) is 9.54. The summed E-state index contributed by atoms with van der Waals surface area (Å²) in [5, 5.41) is 20.8. The van der Waals surface area contributed by atoms with Crippen LogP contribution in [0.25, 0.3) is 10.1 Å². The van der Waals surface area contributed by atoms with Gasteiger partial charge in [-0.15, -0.1) is 11.3 Å². The first kappa shape index (κ1) is 22.2. The smallest absolute Gasteiger partial charge is 0.303 e. The molecule has 1 fully saturated rings. The summed E-state index contributed by atoms with van der Waals surface area (Å²) in [7, 11) is 0. The zero-order valence-electron chi connectivity index (χ0n) is 17.2. The number of unbranched alkanes of at least 4 members (excludes halogenated alkanes) is 1. The summed E-state index contributed by atoms with van der Waals surface area (Å²) in [6.07, 6.45) is 10.0. The number of carboxylic acids is 1. The molecule has 3 rings (SSSR count). The van der Waals surface area contributed by atoms with Crippen molar-refractivity contribution >= 4 is 33.2 Å². The maximum atomic E-state index is 12.4. The van der Waals surface area contributed by atoms with Crippen molar-refractivity contribution in [1.29, 1.82) is 0 Å². The fourth-order valence-electron chi connectivity index (χ4n) is 3.84. The number of carbonyl (C=O) groups excluding carboxylic acids is 1. The fraction of sp³-hybridized carbons (Fsp3) is 0.360. The van der Waals surface area contributed by atoms with Crippen LogP contribution in [0.3, 0.4) is 0 Å². The van der Waals surface area contributed by atoms with Crippen LogP contribution in [0.5, 0.6) is 0 Å². The Morgan fingerprint density at radius 2 is 2.10 bits per heavy atom. The van der Waals surface area contributed by atoms with E-state index < -0.39 is 11.6 Å². The monoisotopic (exact) mass is 424 g/mol. The van der Waals surface area contributed by atoms with E-state index in [1.54, 1.807) is 24.3 Å². The van der Waals surface area contributed by atoms with Crippen molar-refractivity contribution in [3.05, 3.63) is 71.7 Å². The van der Waals surface area contributed by atoms with E-state index >= 15 is 0 Å². The summed E-state index contributed by atoms with van der Waals surface area (Å²) in [6.45, 7) is 5.85. The molecule has 0 bridgehead atoms. The molecule has 0 amide bonds. The largest absolute Gasteiger partial charge is 0.481 e. The van der Waals surface area contributed by atoms with Gasteiger partial charge in [0.15, 0.2) is 0 Å². The van der Waals surface area contributed by atoms with Gasteiger partial charge in [-0.25, -0.2) is 0 Å². The normalized spacial score (nSPS) is 21.8. The number of benzene rings is 1. The summed E-state index contributed by atoms with van der Waals surface area (Å²) in [5.41, 5.74) is -0.236. The zero-order valence-corrected chi connectivity index (χ0v) is 18.0. The number of thiophene rings is 1. The molecule has 2 aromatic rings. The van der Waals surface area contributed by atoms with Crippen molar-refractivity contribution in [3.63, 3.8) is 0 Å². The predicted molar refractivity (Wildman–Crippen MR) is 122 cm³/mol. The number of ketones is 1. The average molecular weight is 425 g/mol. The Labute approximate surface area is 181 Å². The molecule has 3 atom stereocenters. The van der Waals surface area contributed by atoms with Crippen LogP contribution in [-0.2, 0) is 15.2 Å². The molecule has 1 heterocycles. The molecule has 1 unspecified atom stereocenters. The molecule has 1 saturated carbocycles. The van der Waals surface area contributed by atoms with Crippen molar-refractivity contribution in [1.82, 2.24) is 0 Å². The molecule has 2 N–H and O–H groups in total. The molecule has 4 nitrogen and oxygen atoms in total. The first-order chi connectivity index (χ1) is 14.3. The number of aliphatic hydroxyl groups is 1. The van der Waals surface area contributed by atoms with E-state index in [0.29, 0.717) is 25.7 Å². The second-order valence-electron chi connectivity index (χ2n) is 8.08. The maximum absolute atomic E-state index is 12.4. The van der Waals surface area contributed by atoms with Gasteiger partial charge in [-0.1, -0.05) is 54.7 Å². The number of hydrogen-bond acceptors (Lipinski definition) is 4. The van der Waals surface area contributed by atoms with E-state index in [1.165, 1.54) is 0 Å². The number of rotatable bonds is 9. The quantitative estimate of drug-likeness (QED) is 0.404. The summed E-state index contributed by atoms with van der Waals surface area (Å²) in [4.78, 5) is 23.9. The van der Waals surface area contributed by atoms with E-state index in [0.717, 1.165) is 20.5 Å². The summed E-state index contributed by atoms with van der Waals surface area (Å²) in [5.74, 6) is -0.891. The van der Waals surface area contributed by atoms with Gasteiger partial charge in [0, 0.05) is 34.3 Å². The topological polar surface area (TPSA) is 74.6 Å². The average Bonchev–Trinajstić information content (AvgIpc) is 3.24. The third kappa shape index (κ3) is 5.35. The lowest BCUT2D eigenvalue weighted by atomic mass is 9.88. The van der Waals surface area contributed by atoms with Crippen molar-refractivity contribution in [2.45, 2.75) is 44.6 Å². The SMILES string of the molecule is C=C1CC(=O)[C@H](CC=CCCCC(=O)O)[C@H]1C=CC(C)(O)c1cc2ccccc2s1. The van der Waals surface area contributed by atoms with Crippen LogP contribution in [0, 0.1) is 11.8 Å². The Morgan fingerprint density at radius 1 is 1.33 bits per heavy atom. The molecular formula is C25H28O4S. The van der Waals surface area contributed by atoms with Gasteiger partial charge in [0.1, 0.15) is 11.4 Å². The lowest BCUT2D eigenvalue weighted by Crippen LogP contribution is -2.18. The Hall–Kier alpha value is -2.50. The molecular weight excluding hydrogens is 396 g/mol. The van der Waals surface area contributed by atoms with E-state index in [2.05, 4.69) is 6.58 Å². The molecule has 0 radical (unpaired) electrons. The molecule has 0 saturated heterocycles. The Kier molecular flexibility index (Phi) is 7.06. The van der Waals surface area contributed by atoms with Crippen LogP contribution >= 0.6 is 11.3 Å². The number of fused-ring (bicyclic) bond motifs is 1. The molecule has 1 aliphatic carbocycles. The van der Waals surface area contributed by atoms with E-state index in [-0.39, 0.29) is 24.0 Å². The van der Waals surface area contributed by atoms with Crippen LogP contribution in [0.1, 0.15) is 43.9 Å². The third-order valence-electron chi connectivity index (χ3n) is 5.59. The third-order valence-corrected chi connectivity index (χ3v) is 6.93. The fourth-order valence-corrected chi connectivity index (χ4v) is 4.93. The van der Waals surface area contributed by atoms with Crippen molar-refractivity contribution < 1.29 is 19.8 Å². The molecule has 1 aromatic heterocycles. The minimum absolute atomic E-state index is 0.0953. The van der Waals surface area contributed by atoms with Crippen LogP contribution in [0.4, 0.5) is 0 Å². The minimum Gasteiger partial charge on any atom is -0.481 e. The first-order valence-corrected chi connectivity index (χ1v) is 11.1. The highest BCUT2D eigenvalue weighted by Crippen LogP contribution is 2.39. The number of carboxylic acid groups (broad SMARTS) is 1. The van der Waals surface area contributed by atoms with Crippen LogP contribution in [-0.4, -0.2) is 22.0 Å². The van der Waals surface area contributed by atoms with Gasteiger partial charge in [0.25, 0.3) is 0 Å². The Balaban J connectivity index is 1.68. The van der Waals surface area contributed by atoms with Crippen LogP contribution in [0.2, 0.25) is 0 Å². The maximum Gasteiger partial charge on any atom is 0.303 e. The first-order valence-electron chi connectivity index (χ1n) is 10.3. The number of Topliss-reactive ketones (excluding diaryl/α,β-unsaturated/α-hetero) is 1. The molecule has 1 aromatic carbocycles.